The maximum atomic E-state index is 13.6. The number of hydrogen-bond donors (Lipinski definition) is 1. The van der Waals surface area contributed by atoms with E-state index in [1.165, 1.54) is 70.4 Å². The van der Waals surface area contributed by atoms with Crippen molar-refractivity contribution >= 4 is 12.0 Å². The van der Waals surface area contributed by atoms with Gasteiger partial charge in [0.15, 0.2) is 0 Å². The second-order valence-electron chi connectivity index (χ2n) is 9.45. The number of carbonyl (C=O) groups is 1. The van der Waals surface area contributed by atoms with Crippen LogP contribution in [0, 0.1) is 28.6 Å². The molecular weight excluding hydrogens is 346 g/mol. The smallest absolute Gasteiger partial charge is 0.143 e. The van der Waals surface area contributed by atoms with Crippen LogP contribution in [0.15, 0.2) is 12.7 Å². The van der Waals surface area contributed by atoms with Crippen LogP contribution < -0.4 is 0 Å². The normalized spacial score (nSPS) is 22.3. The summed E-state index contributed by atoms with van der Waals surface area (Å²) >= 11 is 0. The van der Waals surface area contributed by atoms with E-state index < -0.39 is 0 Å². The van der Waals surface area contributed by atoms with Gasteiger partial charge in [0.2, 0.25) is 0 Å². The molecule has 0 heterocycles. The maximum Gasteiger partial charge on any atom is 0.143 e. The van der Waals surface area contributed by atoms with Crippen molar-refractivity contribution in [2.75, 3.05) is 13.7 Å². The fourth-order valence-corrected chi connectivity index (χ4v) is 5.45. The second-order valence-corrected chi connectivity index (χ2v) is 9.45. The van der Waals surface area contributed by atoms with E-state index in [-0.39, 0.29) is 11.3 Å². The van der Waals surface area contributed by atoms with Gasteiger partial charge < -0.3 is 10.1 Å². The highest BCUT2D eigenvalue weighted by atomic mass is 16.5. The number of ether oxygens (including phenoxy) is 1. The third-order valence-corrected chi connectivity index (χ3v) is 7.42. The average Bonchev–Trinajstić information content (AvgIpc) is 2.75. The van der Waals surface area contributed by atoms with Crippen LogP contribution >= 0.6 is 0 Å². The highest BCUT2D eigenvalue weighted by molar-refractivity contribution is 5.88. The van der Waals surface area contributed by atoms with Crippen molar-refractivity contribution in [3.05, 3.63) is 12.7 Å². The number of Topliss-reactive ketones (excluding diaryl/α,β-unsaturated/α-hetero) is 1. The molecule has 2 atom stereocenters. The molecule has 2 aliphatic carbocycles. The minimum Gasteiger partial charge on any atom is -0.385 e. The summed E-state index contributed by atoms with van der Waals surface area (Å²) in [7, 11) is 1.68. The standard InChI is InChI=1S/C25H43NO2/c1-3-25(19-22-12-8-5-9-13-22,16-14-21-10-6-4-7-11-21)24(27)18-23(20-26)15-17-28-2/h3,20-23,26H,1,4-19H2,2H3/t23?,25-/m0/s1. The highest BCUT2D eigenvalue weighted by Gasteiger charge is 2.38. The number of nitrogens with one attached hydrogen (secondary N) is 1. The SMILES string of the molecule is C=C[C@](CCC1CCCCC1)(CC1CCCCC1)C(=O)CC(C=N)CCOC. The first-order chi connectivity index (χ1) is 13.6. The van der Waals surface area contributed by atoms with Crippen LogP contribution in [0.5, 0.6) is 0 Å². The van der Waals surface area contributed by atoms with E-state index >= 15 is 0 Å². The Balaban J connectivity index is 2.07. The van der Waals surface area contributed by atoms with Gasteiger partial charge in [0.05, 0.1) is 0 Å². The van der Waals surface area contributed by atoms with E-state index in [4.69, 9.17) is 10.1 Å². The monoisotopic (exact) mass is 389 g/mol. The van der Waals surface area contributed by atoms with E-state index in [2.05, 4.69) is 6.58 Å². The predicted octanol–water partition coefficient (Wildman–Crippen LogP) is 6.75. The Bertz CT molecular complexity index is 477. The van der Waals surface area contributed by atoms with Gasteiger partial charge in [-0.1, -0.05) is 70.3 Å². The molecule has 2 rings (SSSR count). The molecule has 0 saturated heterocycles. The topological polar surface area (TPSA) is 50.2 Å². The number of hydrogen-bond acceptors (Lipinski definition) is 3. The lowest BCUT2D eigenvalue weighted by atomic mass is 9.67. The Morgan fingerprint density at radius 3 is 2.25 bits per heavy atom. The number of rotatable bonds is 13. The molecule has 0 bridgehead atoms. The summed E-state index contributed by atoms with van der Waals surface area (Å²) in [6.07, 6.45) is 21.1. The van der Waals surface area contributed by atoms with Gasteiger partial charge in [0, 0.05) is 31.5 Å². The molecule has 28 heavy (non-hydrogen) atoms. The predicted molar refractivity (Wildman–Crippen MR) is 118 cm³/mol. The molecule has 0 amide bonds. The Labute approximate surface area is 173 Å². The fourth-order valence-electron chi connectivity index (χ4n) is 5.45. The van der Waals surface area contributed by atoms with Crippen molar-refractivity contribution < 1.29 is 9.53 Å². The largest absolute Gasteiger partial charge is 0.385 e. The zero-order valence-electron chi connectivity index (χ0n) is 18.2. The molecule has 0 aromatic carbocycles. The van der Waals surface area contributed by atoms with Crippen molar-refractivity contribution in [1.82, 2.24) is 0 Å². The molecule has 0 radical (unpaired) electrons. The summed E-state index contributed by atoms with van der Waals surface area (Å²) < 4.78 is 5.18. The van der Waals surface area contributed by atoms with Crippen LogP contribution in [-0.2, 0) is 9.53 Å². The summed E-state index contributed by atoms with van der Waals surface area (Å²) in [6, 6.07) is 0. The zero-order valence-corrected chi connectivity index (χ0v) is 18.2. The summed E-state index contributed by atoms with van der Waals surface area (Å²) in [6.45, 7) is 4.79. The molecule has 2 aliphatic rings. The van der Waals surface area contributed by atoms with Gasteiger partial charge in [0.1, 0.15) is 5.78 Å². The van der Waals surface area contributed by atoms with Crippen molar-refractivity contribution in [3.63, 3.8) is 0 Å². The van der Waals surface area contributed by atoms with Gasteiger partial charge in [-0.05, 0) is 43.7 Å². The van der Waals surface area contributed by atoms with Crippen LogP contribution in [-0.4, -0.2) is 25.7 Å². The minimum atomic E-state index is -0.381. The fraction of sp³-hybridized carbons (Fsp3) is 0.840. The minimum absolute atomic E-state index is 0.00666. The molecule has 0 aromatic heterocycles. The molecule has 2 fully saturated rings. The average molecular weight is 390 g/mol. The zero-order chi connectivity index (χ0) is 20.2. The first-order valence-corrected chi connectivity index (χ1v) is 11.8. The molecule has 3 nitrogen and oxygen atoms in total. The van der Waals surface area contributed by atoms with Crippen LogP contribution in [0.25, 0.3) is 0 Å². The third-order valence-electron chi connectivity index (χ3n) is 7.42. The molecule has 0 spiro atoms. The molecule has 1 N–H and O–H groups in total. The summed E-state index contributed by atoms with van der Waals surface area (Å²) in [5.74, 6) is 1.78. The van der Waals surface area contributed by atoms with Gasteiger partial charge in [0.25, 0.3) is 0 Å². The van der Waals surface area contributed by atoms with Crippen molar-refractivity contribution in [2.45, 2.75) is 96.3 Å². The maximum absolute atomic E-state index is 13.6. The van der Waals surface area contributed by atoms with E-state index in [9.17, 15) is 4.79 Å². The molecule has 0 aliphatic heterocycles. The van der Waals surface area contributed by atoms with E-state index in [0.29, 0.717) is 24.7 Å². The molecule has 2 saturated carbocycles. The Morgan fingerprint density at radius 1 is 1.11 bits per heavy atom. The highest BCUT2D eigenvalue weighted by Crippen LogP contribution is 2.43. The summed E-state index contributed by atoms with van der Waals surface area (Å²) in [5.41, 5.74) is -0.381. The van der Waals surface area contributed by atoms with Crippen LogP contribution in [0.1, 0.15) is 96.3 Å². The second kappa shape index (κ2) is 12.6. The van der Waals surface area contributed by atoms with Gasteiger partial charge in [-0.25, -0.2) is 0 Å². The Kier molecular flexibility index (Phi) is 10.5. The summed E-state index contributed by atoms with van der Waals surface area (Å²) in [5, 5.41) is 7.75. The quantitative estimate of drug-likeness (QED) is 0.280. The van der Waals surface area contributed by atoms with Gasteiger partial charge in [-0.2, -0.15) is 0 Å². The van der Waals surface area contributed by atoms with Gasteiger partial charge in [-0.15, -0.1) is 6.58 Å². The lowest BCUT2D eigenvalue weighted by molar-refractivity contribution is -0.128. The third kappa shape index (κ3) is 7.13. The van der Waals surface area contributed by atoms with E-state index in [0.717, 1.165) is 31.6 Å². The van der Waals surface area contributed by atoms with Crippen molar-refractivity contribution in [1.29, 1.82) is 5.41 Å². The Morgan fingerprint density at radius 2 is 1.71 bits per heavy atom. The first kappa shape index (κ1) is 23.3. The van der Waals surface area contributed by atoms with Gasteiger partial charge >= 0.3 is 0 Å². The van der Waals surface area contributed by atoms with Crippen LogP contribution in [0.3, 0.4) is 0 Å². The Hall–Kier alpha value is -0.960. The van der Waals surface area contributed by atoms with Gasteiger partial charge in [-0.3, -0.25) is 4.79 Å². The van der Waals surface area contributed by atoms with E-state index in [1.807, 2.05) is 6.08 Å². The first-order valence-electron chi connectivity index (χ1n) is 11.8. The molecule has 1 unspecified atom stereocenters. The number of ketones is 1. The molecule has 3 heteroatoms. The molecule has 0 aromatic rings. The van der Waals surface area contributed by atoms with Crippen LogP contribution in [0.2, 0.25) is 0 Å². The number of methoxy groups -OCH3 is 1. The van der Waals surface area contributed by atoms with Crippen molar-refractivity contribution in [2.24, 2.45) is 23.2 Å². The molecule has 160 valence electrons. The van der Waals surface area contributed by atoms with Crippen molar-refractivity contribution in [3.8, 4) is 0 Å². The summed E-state index contributed by atoms with van der Waals surface area (Å²) in [4.78, 5) is 13.6. The van der Waals surface area contributed by atoms with E-state index in [1.54, 1.807) is 7.11 Å². The number of allylic oxidation sites excluding steroid dienone is 1. The number of carbonyl (C=O) groups excluding carboxylic acids is 1. The lowest BCUT2D eigenvalue weighted by Gasteiger charge is -2.36. The lowest BCUT2D eigenvalue weighted by Crippen LogP contribution is -2.34. The van der Waals surface area contributed by atoms with Crippen LogP contribution in [0.4, 0.5) is 0 Å². The molecular formula is C25H43NO2.